The van der Waals surface area contributed by atoms with Crippen LogP contribution in [0.4, 0.5) is 10.9 Å². The van der Waals surface area contributed by atoms with Crippen LogP contribution in [0, 0.1) is 0 Å². The molecule has 1 amide bonds. The van der Waals surface area contributed by atoms with Gasteiger partial charge in [-0.3, -0.25) is 4.79 Å². The van der Waals surface area contributed by atoms with Gasteiger partial charge in [0.25, 0.3) is 5.91 Å². The van der Waals surface area contributed by atoms with Gasteiger partial charge in [-0.1, -0.05) is 11.3 Å². The molecule has 1 aliphatic carbocycles. The number of aromatic nitrogens is 1. The Morgan fingerprint density at radius 3 is 2.89 bits per heavy atom. The Balaban J connectivity index is 1.70. The maximum absolute atomic E-state index is 11.8. The van der Waals surface area contributed by atoms with E-state index in [1.807, 2.05) is 0 Å². The van der Waals surface area contributed by atoms with Crippen LogP contribution in [0.5, 0.6) is 0 Å². The van der Waals surface area contributed by atoms with Crippen molar-refractivity contribution in [2.24, 2.45) is 0 Å². The van der Waals surface area contributed by atoms with Gasteiger partial charge in [0.2, 0.25) is 0 Å². The summed E-state index contributed by atoms with van der Waals surface area (Å²) in [5.74, 6) is 0.149. The molecule has 0 atom stereocenters. The third kappa shape index (κ3) is 3.58. The molecule has 1 saturated carbocycles. The first-order valence-electron chi connectivity index (χ1n) is 6.16. The fourth-order valence-electron chi connectivity index (χ4n) is 1.57. The molecule has 1 fully saturated rings. The third-order valence-corrected chi connectivity index (χ3v) is 3.81. The van der Waals surface area contributed by atoms with E-state index >= 15 is 0 Å². The largest absolute Gasteiger partial charge is 0.382 e. The molecule has 1 heterocycles. The highest BCUT2D eigenvalue weighted by Crippen LogP contribution is 2.24. The van der Waals surface area contributed by atoms with Crippen molar-refractivity contribution in [1.82, 2.24) is 15.6 Å². The van der Waals surface area contributed by atoms with Gasteiger partial charge in [-0.05, 0) is 25.8 Å². The quantitative estimate of drug-likeness (QED) is 0.545. The topological polar surface area (TPSA) is 92.1 Å². The number of carbonyl (C=O) groups is 1. The lowest BCUT2D eigenvalue weighted by atomic mass is 10.4. The first-order valence-corrected chi connectivity index (χ1v) is 6.98. The molecule has 0 unspecified atom stereocenters. The van der Waals surface area contributed by atoms with Gasteiger partial charge in [0.05, 0.1) is 0 Å². The number of nitrogen functional groups attached to an aromatic ring is 1. The number of hydrogen-bond acceptors (Lipinski definition) is 6. The van der Waals surface area contributed by atoms with Crippen molar-refractivity contribution in [2.75, 3.05) is 31.2 Å². The first-order chi connectivity index (χ1) is 8.70. The predicted octanol–water partition coefficient (Wildman–Crippen LogP) is 0.639. The minimum Gasteiger partial charge on any atom is -0.382 e. The maximum Gasteiger partial charge on any atom is 0.265 e. The summed E-state index contributed by atoms with van der Waals surface area (Å²) in [7, 11) is 1.75. The lowest BCUT2D eigenvalue weighted by molar-refractivity contribution is 0.0958. The van der Waals surface area contributed by atoms with Gasteiger partial charge < -0.3 is 21.7 Å². The predicted molar refractivity (Wildman–Crippen MR) is 74.0 cm³/mol. The Morgan fingerprint density at radius 2 is 2.28 bits per heavy atom. The lowest BCUT2D eigenvalue weighted by Crippen LogP contribution is -2.27. The molecule has 0 bridgehead atoms. The summed E-state index contributed by atoms with van der Waals surface area (Å²) in [4.78, 5) is 16.4. The number of nitrogens with one attached hydrogen (secondary N) is 3. The molecular formula is C11H19N5OS. The summed E-state index contributed by atoms with van der Waals surface area (Å²) >= 11 is 1.27. The van der Waals surface area contributed by atoms with Gasteiger partial charge in [-0.25, -0.2) is 4.98 Å². The van der Waals surface area contributed by atoms with E-state index in [0.717, 1.165) is 19.0 Å². The number of nitrogens with two attached hydrogens (primary N) is 1. The van der Waals surface area contributed by atoms with E-state index < -0.39 is 0 Å². The number of thiazole rings is 1. The zero-order valence-corrected chi connectivity index (χ0v) is 11.3. The number of amides is 1. The first kappa shape index (κ1) is 13.1. The molecule has 0 aliphatic heterocycles. The maximum atomic E-state index is 11.8. The average Bonchev–Trinajstić information content (AvgIpc) is 3.10. The van der Waals surface area contributed by atoms with Crippen molar-refractivity contribution >= 4 is 28.2 Å². The van der Waals surface area contributed by atoms with Crippen molar-refractivity contribution in [3.05, 3.63) is 4.88 Å². The van der Waals surface area contributed by atoms with Crippen molar-refractivity contribution in [3.63, 3.8) is 0 Å². The second kappa shape index (κ2) is 6.01. The molecule has 5 N–H and O–H groups in total. The molecular weight excluding hydrogens is 250 g/mol. The van der Waals surface area contributed by atoms with E-state index in [4.69, 9.17) is 5.73 Å². The minimum atomic E-state index is -0.141. The molecule has 2 rings (SSSR count). The van der Waals surface area contributed by atoms with Crippen LogP contribution in [0.1, 0.15) is 28.9 Å². The van der Waals surface area contributed by atoms with Crippen LogP contribution in [0.15, 0.2) is 0 Å². The molecule has 7 heteroatoms. The summed E-state index contributed by atoms with van der Waals surface area (Å²) in [5.41, 5.74) is 5.68. The molecule has 6 nitrogen and oxygen atoms in total. The number of nitrogens with zero attached hydrogens (tertiary/aromatic N) is 1. The molecule has 0 spiro atoms. The van der Waals surface area contributed by atoms with Crippen LogP contribution in [-0.2, 0) is 0 Å². The third-order valence-electron chi connectivity index (χ3n) is 2.72. The Hall–Kier alpha value is -1.34. The molecule has 1 aromatic rings. The van der Waals surface area contributed by atoms with E-state index in [1.54, 1.807) is 7.05 Å². The van der Waals surface area contributed by atoms with E-state index in [1.165, 1.54) is 24.2 Å². The number of hydrogen-bond donors (Lipinski definition) is 4. The molecule has 1 aliphatic rings. The highest BCUT2D eigenvalue weighted by atomic mass is 32.1. The molecule has 1 aromatic heterocycles. The second-order valence-electron chi connectivity index (χ2n) is 4.32. The van der Waals surface area contributed by atoms with Crippen LogP contribution in [-0.4, -0.2) is 37.1 Å². The summed E-state index contributed by atoms with van der Waals surface area (Å²) < 4.78 is 0. The lowest BCUT2D eigenvalue weighted by Gasteiger charge is -2.04. The average molecular weight is 269 g/mol. The van der Waals surface area contributed by atoms with Crippen molar-refractivity contribution in [3.8, 4) is 0 Å². The standard InChI is InChI=1S/C11H19N5OS/c1-13-11-16-9(12)8(18-11)10(17)15-6-2-5-14-7-3-4-7/h7,14H,2-6,12H2,1H3,(H,13,16)(H,15,17). The fourth-order valence-corrected chi connectivity index (χ4v) is 2.32. The molecule has 0 aromatic carbocycles. The summed E-state index contributed by atoms with van der Waals surface area (Å²) in [6.07, 6.45) is 3.51. The molecule has 0 radical (unpaired) electrons. The van der Waals surface area contributed by atoms with Gasteiger partial charge in [0.15, 0.2) is 5.13 Å². The smallest absolute Gasteiger partial charge is 0.265 e. The summed E-state index contributed by atoms with van der Waals surface area (Å²) in [5, 5.41) is 9.79. The van der Waals surface area contributed by atoms with Gasteiger partial charge >= 0.3 is 0 Å². The molecule has 100 valence electrons. The number of rotatable bonds is 7. The van der Waals surface area contributed by atoms with Gasteiger partial charge in [0.1, 0.15) is 10.7 Å². The molecule has 0 saturated heterocycles. The van der Waals surface area contributed by atoms with Crippen LogP contribution in [0.3, 0.4) is 0 Å². The Morgan fingerprint density at radius 1 is 1.50 bits per heavy atom. The van der Waals surface area contributed by atoms with Crippen LogP contribution in [0.25, 0.3) is 0 Å². The Kier molecular flexibility index (Phi) is 4.38. The van der Waals surface area contributed by atoms with Crippen molar-refractivity contribution in [1.29, 1.82) is 0 Å². The second-order valence-corrected chi connectivity index (χ2v) is 5.32. The zero-order valence-electron chi connectivity index (χ0n) is 10.5. The Labute approximate surface area is 110 Å². The SMILES string of the molecule is CNc1nc(N)c(C(=O)NCCCNC2CC2)s1. The van der Waals surface area contributed by atoms with Crippen LogP contribution < -0.4 is 21.7 Å². The van der Waals surface area contributed by atoms with E-state index in [9.17, 15) is 4.79 Å². The van der Waals surface area contributed by atoms with Crippen LogP contribution >= 0.6 is 11.3 Å². The van der Waals surface area contributed by atoms with Gasteiger partial charge in [-0.2, -0.15) is 0 Å². The minimum absolute atomic E-state index is 0.141. The van der Waals surface area contributed by atoms with E-state index in [2.05, 4.69) is 20.9 Å². The number of anilines is 2. The monoisotopic (exact) mass is 269 g/mol. The number of carbonyl (C=O) groups excluding carboxylic acids is 1. The van der Waals surface area contributed by atoms with Crippen molar-refractivity contribution < 1.29 is 4.79 Å². The van der Waals surface area contributed by atoms with Gasteiger partial charge in [-0.15, -0.1) is 0 Å². The summed E-state index contributed by atoms with van der Waals surface area (Å²) in [6.45, 7) is 1.61. The fraction of sp³-hybridized carbons (Fsp3) is 0.636. The summed E-state index contributed by atoms with van der Waals surface area (Å²) in [6, 6.07) is 0.719. The highest BCUT2D eigenvalue weighted by Gasteiger charge is 2.19. The highest BCUT2D eigenvalue weighted by molar-refractivity contribution is 7.18. The van der Waals surface area contributed by atoms with Crippen molar-refractivity contribution in [2.45, 2.75) is 25.3 Å². The zero-order chi connectivity index (χ0) is 13.0. The normalized spacial score (nSPS) is 14.5. The van der Waals surface area contributed by atoms with Crippen LogP contribution in [0.2, 0.25) is 0 Å². The van der Waals surface area contributed by atoms with E-state index in [0.29, 0.717) is 16.6 Å². The van der Waals surface area contributed by atoms with E-state index in [-0.39, 0.29) is 11.7 Å². The van der Waals surface area contributed by atoms with Gasteiger partial charge in [0, 0.05) is 19.6 Å². The molecule has 18 heavy (non-hydrogen) atoms. The Bertz CT molecular complexity index is 416.